The zero-order chi connectivity index (χ0) is 28.8. The molecule has 40 heavy (non-hydrogen) atoms. The lowest BCUT2D eigenvalue weighted by atomic mass is 9.95. The lowest BCUT2D eigenvalue weighted by Gasteiger charge is -2.26. The molecule has 0 radical (unpaired) electrons. The molecule has 1 unspecified atom stereocenters. The van der Waals surface area contributed by atoms with Gasteiger partial charge >= 0.3 is 5.97 Å². The van der Waals surface area contributed by atoms with E-state index in [0.717, 1.165) is 12.0 Å². The van der Waals surface area contributed by atoms with E-state index in [-0.39, 0.29) is 11.7 Å². The Bertz CT molecular complexity index is 1600. The lowest BCUT2D eigenvalue weighted by molar-refractivity contribution is -0.143. The van der Waals surface area contributed by atoms with Gasteiger partial charge in [-0.3, -0.25) is 9.36 Å². The van der Waals surface area contributed by atoms with Gasteiger partial charge in [-0.05, 0) is 62.4 Å². The normalized spacial score (nSPS) is 15.5. The third-order valence-corrected chi connectivity index (χ3v) is 7.38. The van der Waals surface area contributed by atoms with Crippen molar-refractivity contribution >= 4 is 29.5 Å². The molecular weight excluding hydrogens is 524 g/mol. The molecule has 0 fully saturated rings. The number of hydrogen-bond donors (Lipinski definition) is 0. The van der Waals surface area contributed by atoms with E-state index < -0.39 is 12.0 Å². The van der Waals surface area contributed by atoms with Crippen LogP contribution >= 0.6 is 11.3 Å². The van der Waals surface area contributed by atoms with Crippen molar-refractivity contribution in [1.29, 1.82) is 0 Å². The van der Waals surface area contributed by atoms with Gasteiger partial charge in [-0.1, -0.05) is 73.7 Å². The number of nitrogens with zero attached hydrogens (tertiary/aromatic N) is 2. The Balaban J connectivity index is 1.82. The van der Waals surface area contributed by atoms with E-state index in [0.29, 0.717) is 50.2 Å². The molecule has 7 nitrogen and oxygen atoms in total. The van der Waals surface area contributed by atoms with Gasteiger partial charge in [0, 0.05) is 0 Å². The number of allylic oxidation sites excluding steroid dienone is 2. The van der Waals surface area contributed by atoms with Crippen molar-refractivity contribution in [3.8, 4) is 11.5 Å². The number of thiazole rings is 1. The van der Waals surface area contributed by atoms with Crippen LogP contribution in [0.4, 0.5) is 0 Å². The van der Waals surface area contributed by atoms with Crippen molar-refractivity contribution < 1.29 is 19.0 Å². The van der Waals surface area contributed by atoms with Crippen LogP contribution in [0.25, 0.3) is 12.2 Å². The number of hydrogen-bond acceptors (Lipinski definition) is 7. The van der Waals surface area contributed by atoms with E-state index in [2.05, 4.69) is 18.8 Å². The highest BCUT2D eigenvalue weighted by atomic mass is 32.1. The highest BCUT2D eigenvalue weighted by Gasteiger charge is 2.34. The Kier molecular flexibility index (Phi) is 9.42. The molecule has 1 aliphatic rings. The van der Waals surface area contributed by atoms with Crippen LogP contribution in [0.15, 0.2) is 75.7 Å². The molecule has 210 valence electrons. The highest BCUT2D eigenvalue weighted by molar-refractivity contribution is 7.07. The molecule has 3 aromatic rings. The number of rotatable bonds is 10. The predicted octanol–water partition coefficient (Wildman–Crippen LogP) is 5.29. The van der Waals surface area contributed by atoms with Gasteiger partial charge in [-0.25, -0.2) is 9.79 Å². The van der Waals surface area contributed by atoms with Crippen LogP contribution in [0.5, 0.6) is 11.5 Å². The number of fused-ring (bicyclic) bond motifs is 1. The number of carbonyl (C=O) groups is 1. The molecule has 1 atom stereocenters. The second-order valence-corrected chi connectivity index (χ2v) is 11.3. The Labute approximate surface area is 238 Å². The first-order chi connectivity index (χ1) is 19.2. The topological polar surface area (TPSA) is 79.1 Å². The molecule has 0 saturated carbocycles. The number of esters is 1. The molecule has 2 aromatic carbocycles. The van der Waals surface area contributed by atoms with Crippen LogP contribution in [-0.2, 0) is 9.53 Å². The summed E-state index contributed by atoms with van der Waals surface area (Å²) in [6.45, 7) is 10.2. The second kappa shape index (κ2) is 13.0. The largest absolute Gasteiger partial charge is 0.493 e. The number of carbonyl (C=O) groups excluding carboxylic acids is 1. The van der Waals surface area contributed by atoms with E-state index in [4.69, 9.17) is 14.2 Å². The van der Waals surface area contributed by atoms with Crippen molar-refractivity contribution in [3.63, 3.8) is 0 Å². The van der Waals surface area contributed by atoms with Gasteiger partial charge in [-0.2, -0.15) is 0 Å². The summed E-state index contributed by atoms with van der Waals surface area (Å²) < 4.78 is 19.3. The fourth-order valence-corrected chi connectivity index (χ4v) is 5.38. The molecule has 0 bridgehead atoms. The molecule has 1 aromatic heterocycles. The number of ether oxygens (including phenoxy) is 3. The van der Waals surface area contributed by atoms with Gasteiger partial charge in [0.05, 0.1) is 41.7 Å². The summed E-state index contributed by atoms with van der Waals surface area (Å²) in [6, 6.07) is 14.6. The smallest absolute Gasteiger partial charge is 0.338 e. The average Bonchev–Trinajstić information content (AvgIpc) is 3.22. The van der Waals surface area contributed by atoms with Crippen LogP contribution in [0.1, 0.15) is 58.2 Å². The predicted molar refractivity (Wildman–Crippen MR) is 159 cm³/mol. The van der Waals surface area contributed by atoms with E-state index in [1.807, 2.05) is 60.7 Å². The van der Waals surface area contributed by atoms with E-state index >= 15 is 0 Å². The molecule has 2 heterocycles. The lowest BCUT2D eigenvalue weighted by Crippen LogP contribution is -2.40. The fraction of sp³-hybridized carbons (Fsp3) is 0.344. The van der Waals surface area contributed by atoms with Crippen molar-refractivity contribution in [2.75, 3.05) is 13.7 Å². The standard InChI is InChI=1S/C32H36N2O5S/c1-20(2)17-18-38-25-16-15-24(19-26(25)37-6)29-28(31(36)39-21(3)4)22(5)33-32-34(29)30(35)27(40-32)14-10-13-23-11-8-7-9-12-23/h7-16,19-21,29H,17-18H2,1-6H3/b13-10+,27-14-. The van der Waals surface area contributed by atoms with Crippen LogP contribution in [0, 0.1) is 5.92 Å². The maximum atomic E-state index is 13.8. The summed E-state index contributed by atoms with van der Waals surface area (Å²) in [6.07, 6.45) is 6.16. The summed E-state index contributed by atoms with van der Waals surface area (Å²) in [5, 5.41) is 0. The van der Waals surface area contributed by atoms with Crippen molar-refractivity contribution in [2.24, 2.45) is 10.9 Å². The average molecular weight is 561 g/mol. The van der Waals surface area contributed by atoms with Crippen LogP contribution in [0.3, 0.4) is 0 Å². The van der Waals surface area contributed by atoms with Crippen LogP contribution < -0.4 is 24.4 Å². The number of aromatic nitrogens is 1. The SMILES string of the molecule is COc1cc(C2C(C(=O)OC(C)C)=C(C)N=c3s/c(=C\C=C\c4ccccc4)c(=O)n32)ccc1OCCC(C)C. The maximum Gasteiger partial charge on any atom is 0.338 e. The van der Waals surface area contributed by atoms with E-state index in [1.165, 1.54) is 11.3 Å². The Morgan fingerprint density at radius 3 is 2.52 bits per heavy atom. The Hall–Kier alpha value is -3.91. The van der Waals surface area contributed by atoms with Gasteiger partial charge in [0.2, 0.25) is 0 Å². The molecule has 0 N–H and O–H groups in total. The summed E-state index contributed by atoms with van der Waals surface area (Å²) in [5.41, 5.74) is 2.33. The van der Waals surface area contributed by atoms with Gasteiger partial charge < -0.3 is 14.2 Å². The molecule has 8 heteroatoms. The van der Waals surface area contributed by atoms with E-state index in [9.17, 15) is 9.59 Å². The van der Waals surface area contributed by atoms with Crippen LogP contribution in [-0.4, -0.2) is 30.4 Å². The summed E-state index contributed by atoms with van der Waals surface area (Å²) in [4.78, 5) is 32.3. The zero-order valence-electron chi connectivity index (χ0n) is 23.8. The first-order valence-corrected chi connectivity index (χ1v) is 14.3. The van der Waals surface area contributed by atoms with Gasteiger partial charge in [0.1, 0.15) is 0 Å². The molecule has 0 spiro atoms. The molecule has 1 aliphatic heterocycles. The summed E-state index contributed by atoms with van der Waals surface area (Å²) in [7, 11) is 1.58. The van der Waals surface area contributed by atoms with Gasteiger partial charge in [0.15, 0.2) is 16.3 Å². The van der Waals surface area contributed by atoms with Crippen molar-refractivity contribution in [3.05, 3.63) is 96.7 Å². The fourth-order valence-electron chi connectivity index (χ4n) is 4.38. The Morgan fingerprint density at radius 2 is 1.85 bits per heavy atom. The molecule has 0 saturated heterocycles. The minimum absolute atomic E-state index is 0.231. The minimum Gasteiger partial charge on any atom is -0.493 e. The minimum atomic E-state index is -0.735. The number of benzene rings is 2. The third kappa shape index (κ3) is 6.62. The van der Waals surface area contributed by atoms with E-state index in [1.54, 1.807) is 38.5 Å². The maximum absolute atomic E-state index is 13.8. The van der Waals surface area contributed by atoms with Gasteiger partial charge in [0.25, 0.3) is 5.56 Å². The molecular formula is C32H36N2O5S. The van der Waals surface area contributed by atoms with Crippen LogP contribution in [0.2, 0.25) is 0 Å². The Morgan fingerprint density at radius 1 is 1.10 bits per heavy atom. The first kappa shape index (κ1) is 29.1. The number of methoxy groups -OCH3 is 1. The molecule has 0 aliphatic carbocycles. The molecule has 0 amide bonds. The second-order valence-electron chi connectivity index (χ2n) is 10.3. The van der Waals surface area contributed by atoms with Crippen molar-refractivity contribution in [1.82, 2.24) is 4.57 Å². The molecule has 4 rings (SSSR count). The zero-order valence-corrected chi connectivity index (χ0v) is 24.7. The van der Waals surface area contributed by atoms with Crippen molar-refractivity contribution in [2.45, 2.75) is 53.2 Å². The monoisotopic (exact) mass is 560 g/mol. The van der Waals surface area contributed by atoms with Gasteiger partial charge in [-0.15, -0.1) is 0 Å². The quantitative estimate of drug-likeness (QED) is 0.315. The first-order valence-electron chi connectivity index (χ1n) is 13.5. The summed E-state index contributed by atoms with van der Waals surface area (Å²) >= 11 is 1.29. The third-order valence-electron chi connectivity index (χ3n) is 6.38. The summed E-state index contributed by atoms with van der Waals surface area (Å²) in [5.74, 6) is 1.14. The highest BCUT2D eigenvalue weighted by Crippen LogP contribution is 2.36.